The maximum atomic E-state index is 12.3. The third-order valence-electron chi connectivity index (χ3n) is 6.28. The second-order valence-corrected chi connectivity index (χ2v) is 9.12. The Bertz CT molecular complexity index is 1850. The molecule has 0 radical (unpaired) electrons. The number of fused-ring (bicyclic) bond motifs is 2. The Morgan fingerprint density at radius 2 is 1.14 bits per heavy atom. The number of primary amides is 1. The number of allylic oxidation sites excluding steroid dienone is 4. The zero-order valence-electron chi connectivity index (χ0n) is 22.1. The van der Waals surface area contributed by atoms with Crippen LogP contribution >= 0.6 is 0 Å². The number of aromatic nitrogens is 4. The number of nitrogens with two attached hydrogens (primary N) is 1. The van der Waals surface area contributed by atoms with Gasteiger partial charge in [-0.2, -0.15) is 0 Å². The van der Waals surface area contributed by atoms with E-state index >= 15 is 0 Å². The molecule has 4 aromatic rings. The molecule has 6 rings (SSSR count). The zero-order chi connectivity index (χ0) is 30.5. The predicted octanol–water partition coefficient (Wildman–Crippen LogP) is 2.29. The molecule has 0 bridgehead atoms. The number of amides is 1. The lowest BCUT2D eigenvalue weighted by Gasteiger charge is -2.15. The SMILES string of the molecule is NC(=O)c1ccc(NC2=CC(=O)c3ncncc3C2=O)cc1.O=C1C(Nc2ccc(CO)cc2)=CC(=O)c2ncncc21. The van der Waals surface area contributed by atoms with Gasteiger partial charge in [0.15, 0.2) is 0 Å². The maximum absolute atomic E-state index is 12.3. The average Bonchev–Trinajstić information content (AvgIpc) is 3.03. The number of benzene rings is 2. The summed E-state index contributed by atoms with van der Waals surface area (Å²) in [5, 5.41) is 14.7. The number of nitrogens with one attached hydrogen (secondary N) is 2. The number of hydrogen-bond donors (Lipinski definition) is 4. The summed E-state index contributed by atoms with van der Waals surface area (Å²) in [6, 6.07) is 13.1. The minimum absolute atomic E-state index is 0.0505. The topological polar surface area (TPSA) is 207 Å². The number of Topliss-reactive ketones (excluding diaryl/α,β-unsaturated/α-hetero) is 2. The molecule has 5 N–H and O–H groups in total. The normalized spacial score (nSPS) is 13.5. The first kappa shape index (κ1) is 28.3. The highest BCUT2D eigenvalue weighted by Gasteiger charge is 2.28. The van der Waals surface area contributed by atoms with Crippen molar-refractivity contribution in [1.29, 1.82) is 0 Å². The van der Waals surface area contributed by atoms with Crippen molar-refractivity contribution in [3.05, 3.63) is 131 Å². The van der Waals surface area contributed by atoms with Gasteiger partial charge in [-0.15, -0.1) is 0 Å². The second-order valence-electron chi connectivity index (χ2n) is 9.12. The maximum Gasteiger partial charge on any atom is 0.248 e. The molecule has 1 amide bonds. The first-order valence-electron chi connectivity index (χ1n) is 12.6. The predicted molar refractivity (Wildman–Crippen MR) is 152 cm³/mol. The van der Waals surface area contributed by atoms with E-state index < -0.39 is 5.91 Å². The number of nitrogens with zero attached hydrogens (tertiary/aromatic N) is 4. The summed E-state index contributed by atoms with van der Waals surface area (Å²) in [6.07, 6.45) is 7.54. The summed E-state index contributed by atoms with van der Waals surface area (Å²) in [4.78, 5) is 74.7. The number of carbonyl (C=O) groups excluding carboxylic acids is 5. The molecule has 0 saturated heterocycles. The van der Waals surface area contributed by atoms with E-state index in [0.717, 1.165) is 5.56 Å². The van der Waals surface area contributed by atoms with Crippen LogP contribution in [0.3, 0.4) is 0 Å². The van der Waals surface area contributed by atoms with E-state index in [9.17, 15) is 24.0 Å². The summed E-state index contributed by atoms with van der Waals surface area (Å²) in [5.41, 5.74) is 8.35. The monoisotopic (exact) mass is 575 g/mol. The molecule has 0 atom stereocenters. The van der Waals surface area contributed by atoms with Crippen LogP contribution in [-0.4, -0.2) is 54.1 Å². The van der Waals surface area contributed by atoms with Gasteiger partial charge in [0.25, 0.3) is 0 Å². The van der Waals surface area contributed by atoms with Gasteiger partial charge in [0.1, 0.15) is 24.0 Å². The van der Waals surface area contributed by atoms with Crippen LogP contribution in [0.4, 0.5) is 11.4 Å². The molecule has 0 saturated carbocycles. The van der Waals surface area contributed by atoms with Gasteiger partial charge in [0, 0.05) is 41.5 Å². The van der Waals surface area contributed by atoms with Crippen molar-refractivity contribution < 1.29 is 29.1 Å². The Balaban J connectivity index is 0.000000171. The average molecular weight is 576 g/mol. The van der Waals surface area contributed by atoms with E-state index in [1.165, 1.54) is 49.3 Å². The van der Waals surface area contributed by atoms with Crippen LogP contribution in [0.1, 0.15) is 57.6 Å². The van der Waals surface area contributed by atoms with Gasteiger partial charge < -0.3 is 21.5 Å². The molecule has 0 aliphatic heterocycles. The van der Waals surface area contributed by atoms with Crippen LogP contribution in [0.25, 0.3) is 0 Å². The van der Waals surface area contributed by atoms with Crippen molar-refractivity contribution in [2.24, 2.45) is 5.73 Å². The standard InChI is InChI=1S/C15H10N4O3.C15H11N3O3/c16-15(22)8-1-3-9(4-2-8)19-11-5-12(20)13-10(14(11)21)6-17-7-18-13;19-7-9-1-3-10(4-2-9)18-12-5-13(20)14-11(15(12)21)6-16-8-17-14/h1-7,19H,(H2,16,22);1-6,8,18-19H,7H2. The van der Waals surface area contributed by atoms with E-state index in [-0.39, 0.29) is 63.6 Å². The van der Waals surface area contributed by atoms with Gasteiger partial charge >= 0.3 is 0 Å². The molecular formula is C30H21N7O6. The third-order valence-corrected chi connectivity index (χ3v) is 6.28. The highest BCUT2D eigenvalue weighted by molar-refractivity contribution is 6.25. The minimum atomic E-state index is -0.541. The van der Waals surface area contributed by atoms with Gasteiger partial charge in [-0.1, -0.05) is 12.1 Å². The highest BCUT2D eigenvalue weighted by Crippen LogP contribution is 2.22. The quantitative estimate of drug-likeness (QED) is 0.261. The fourth-order valence-electron chi connectivity index (χ4n) is 4.11. The Hall–Kier alpha value is -6.21. The molecule has 0 fully saturated rings. The Morgan fingerprint density at radius 3 is 1.56 bits per heavy atom. The number of ketones is 4. The molecule has 2 aliphatic rings. The second kappa shape index (κ2) is 12.1. The smallest absolute Gasteiger partial charge is 0.248 e. The van der Waals surface area contributed by atoms with Crippen molar-refractivity contribution in [3.8, 4) is 0 Å². The molecule has 13 heteroatoms. The lowest BCUT2D eigenvalue weighted by Crippen LogP contribution is -2.23. The lowest BCUT2D eigenvalue weighted by molar-refractivity contribution is 0.0981. The third kappa shape index (κ3) is 6.11. The van der Waals surface area contributed by atoms with Crippen LogP contribution in [0, 0.1) is 0 Å². The number of anilines is 2. The first-order chi connectivity index (χ1) is 20.7. The van der Waals surface area contributed by atoms with Gasteiger partial charge in [-0.05, 0) is 42.0 Å². The van der Waals surface area contributed by atoms with Crippen molar-refractivity contribution >= 4 is 40.4 Å². The number of aliphatic hydroxyl groups excluding tert-OH is 1. The molecule has 2 aliphatic carbocycles. The molecule has 2 aromatic heterocycles. The first-order valence-corrected chi connectivity index (χ1v) is 12.6. The molecule has 0 spiro atoms. The van der Waals surface area contributed by atoms with Crippen LogP contribution in [0.5, 0.6) is 0 Å². The van der Waals surface area contributed by atoms with Gasteiger partial charge in [-0.3, -0.25) is 24.0 Å². The number of carbonyl (C=O) groups is 5. The van der Waals surface area contributed by atoms with Crippen LogP contribution in [0.15, 0.2) is 97.1 Å². The van der Waals surface area contributed by atoms with Crippen molar-refractivity contribution in [3.63, 3.8) is 0 Å². The molecule has 2 heterocycles. The zero-order valence-corrected chi connectivity index (χ0v) is 22.1. The fraction of sp³-hybridized carbons (Fsp3) is 0.0333. The molecular weight excluding hydrogens is 554 g/mol. The lowest BCUT2D eigenvalue weighted by atomic mass is 9.98. The molecule has 212 valence electrons. The summed E-state index contributed by atoms with van der Waals surface area (Å²) in [6.45, 7) is -0.0505. The Morgan fingerprint density at radius 1 is 0.698 bits per heavy atom. The van der Waals surface area contributed by atoms with E-state index in [1.54, 1.807) is 36.4 Å². The van der Waals surface area contributed by atoms with Gasteiger partial charge in [0.05, 0.1) is 29.1 Å². The molecule has 43 heavy (non-hydrogen) atoms. The van der Waals surface area contributed by atoms with Crippen molar-refractivity contribution in [1.82, 2.24) is 19.9 Å². The van der Waals surface area contributed by atoms with Crippen molar-refractivity contribution in [2.75, 3.05) is 10.6 Å². The summed E-state index contributed by atoms with van der Waals surface area (Å²) in [7, 11) is 0. The van der Waals surface area contributed by atoms with Crippen molar-refractivity contribution in [2.45, 2.75) is 6.61 Å². The Kier molecular flexibility index (Phi) is 7.98. The number of hydrogen-bond acceptors (Lipinski definition) is 12. The van der Waals surface area contributed by atoms with E-state index in [0.29, 0.717) is 16.9 Å². The summed E-state index contributed by atoms with van der Waals surface area (Å²) in [5.74, 6) is -1.93. The fourth-order valence-corrected chi connectivity index (χ4v) is 4.11. The summed E-state index contributed by atoms with van der Waals surface area (Å²) >= 11 is 0. The number of rotatable bonds is 6. The van der Waals surface area contributed by atoms with Gasteiger partial charge in [-0.25, -0.2) is 19.9 Å². The van der Waals surface area contributed by atoms with Crippen LogP contribution < -0.4 is 16.4 Å². The van der Waals surface area contributed by atoms with E-state index in [2.05, 4.69) is 30.6 Å². The van der Waals surface area contributed by atoms with E-state index in [1.807, 2.05) is 0 Å². The van der Waals surface area contributed by atoms with Crippen LogP contribution in [0.2, 0.25) is 0 Å². The van der Waals surface area contributed by atoms with E-state index in [4.69, 9.17) is 10.8 Å². The number of aliphatic hydroxyl groups is 1. The van der Waals surface area contributed by atoms with Crippen LogP contribution in [-0.2, 0) is 6.61 Å². The largest absolute Gasteiger partial charge is 0.392 e. The highest BCUT2D eigenvalue weighted by atomic mass is 16.3. The molecule has 2 aromatic carbocycles. The summed E-state index contributed by atoms with van der Waals surface area (Å²) < 4.78 is 0. The van der Waals surface area contributed by atoms with Gasteiger partial charge in [0.2, 0.25) is 29.0 Å². The molecule has 13 nitrogen and oxygen atoms in total. The Labute approximate surface area is 243 Å². The minimum Gasteiger partial charge on any atom is -0.392 e. The molecule has 0 unspecified atom stereocenters.